The molecule has 0 unspecified atom stereocenters. The van der Waals surface area contributed by atoms with Crippen molar-refractivity contribution < 1.29 is 4.74 Å². The third kappa shape index (κ3) is 3.79. The van der Waals surface area contributed by atoms with Crippen molar-refractivity contribution in [3.8, 4) is 0 Å². The highest BCUT2D eigenvalue weighted by Gasteiger charge is 2.22. The fourth-order valence-corrected chi connectivity index (χ4v) is 2.42. The van der Waals surface area contributed by atoms with Crippen LogP contribution in [0.25, 0.3) is 0 Å². The van der Waals surface area contributed by atoms with Crippen LogP contribution in [-0.4, -0.2) is 43.2 Å². The molecule has 0 aromatic carbocycles. The number of nitrogens with zero attached hydrogens (tertiary/aromatic N) is 2. The predicted octanol–water partition coefficient (Wildman–Crippen LogP) is 1.90. The van der Waals surface area contributed by atoms with Crippen LogP contribution in [0.2, 0.25) is 0 Å². The second-order valence-electron chi connectivity index (χ2n) is 4.98. The number of ether oxygens (including phenoxy) is 1. The first-order valence-electron chi connectivity index (χ1n) is 6.41. The highest BCUT2D eigenvalue weighted by Crippen LogP contribution is 2.19. The van der Waals surface area contributed by atoms with E-state index in [1.54, 1.807) is 7.11 Å². The van der Waals surface area contributed by atoms with Crippen LogP contribution in [0.1, 0.15) is 17.7 Å². The van der Waals surface area contributed by atoms with Gasteiger partial charge < -0.3 is 9.64 Å². The molecule has 1 aliphatic rings. The van der Waals surface area contributed by atoms with Gasteiger partial charge in [0, 0.05) is 32.1 Å². The normalized spacial score (nSPS) is 20.9. The summed E-state index contributed by atoms with van der Waals surface area (Å²) in [5.74, 6) is 0.766. The largest absolute Gasteiger partial charge is 0.383 e. The molecule has 2 rings (SSSR count). The Morgan fingerprint density at radius 3 is 3.06 bits per heavy atom. The summed E-state index contributed by atoms with van der Waals surface area (Å²) >= 11 is 0. The van der Waals surface area contributed by atoms with Gasteiger partial charge in [0.1, 0.15) is 0 Å². The number of hydrogen-bond acceptors (Lipinski definition) is 3. The maximum absolute atomic E-state index is 5.12. The number of rotatable bonds is 5. The molecule has 0 amide bonds. The first-order valence-corrected chi connectivity index (χ1v) is 6.41. The zero-order valence-corrected chi connectivity index (χ0v) is 10.9. The van der Waals surface area contributed by atoms with Gasteiger partial charge >= 0.3 is 0 Å². The summed E-state index contributed by atoms with van der Waals surface area (Å²) in [7, 11) is 1.77. The Labute approximate surface area is 104 Å². The van der Waals surface area contributed by atoms with E-state index >= 15 is 0 Å². The Kier molecular flexibility index (Phi) is 4.51. The van der Waals surface area contributed by atoms with Crippen molar-refractivity contribution in [2.45, 2.75) is 19.8 Å². The van der Waals surface area contributed by atoms with E-state index in [4.69, 9.17) is 4.74 Å². The molecule has 1 aromatic rings. The van der Waals surface area contributed by atoms with Crippen LogP contribution >= 0.6 is 0 Å². The second-order valence-corrected chi connectivity index (χ2v) is 4.98. The molecular weight excluding hydrogens is 212 g/mol. The molecule has 1 aromatic heterocycles. The second kappa shape index (κ2) is 6.12. The van der Waals surface area contributed by atoms with Crippen LogP contribution in [0.4, 0.5) is 0 Å². The van der Waals surface area contributed by atoms with E-state index in [2.05, 4.69) is 28.9 Å². The van der Waals surface area contributed by atoms with E-state index in [0.29, 0.717) is 0 Å². The fraction of sp³-hybridized carbons (Fsp3) is 0.643. The van der Waals surface area contributed by atoms with Crippen LogP contribution in [0.15, 0.2) is 18.3 Å². The van der Waals surface area contributed by atoms with Crippen molar-refractivity contribution >= 4 is 0 Å². The van der Waals surface area contributed by atoms with Crippen molar-refractivity contribution in [3.05, 3.63) is 29.6 Å². The lowest BCUT2D eigenvalue weighted by Crippen LogP contribution is -2.25. The Hall–Kier alpha value is -0.930. The maximum Gasteiger partial charge on any atom is 0.0589 e. The average Bonchev–Trinajstić information content (AvgIpc) is 2.77. The molecule has 0 spiro atoms. The first-order chi connectivity index (χ1) is 8.28. The predicted molar refractivity (Wildman–Crippen MR) is 69.1 cm³/mol. The molecule has 3 nitrogen and oxygen atoms in total. The van der Waals surface area contributed by atoms with E-state index in [1.807, 2.05) is 6.20 Å². The highest BCUT2D eigenvalue weighted by atomic mass is 16.5. The lowest BCUT2D eigenvalue weighted by molar-refractivity contribution is 0.159. The van der Waals surface area contributed by atoms with Crippen LogP contribution in [-0.2, 0) is 11.2 Å². The van der Waals surface area contributed by atoms with Gasteiger partial charge in [-0.2, -0.15) is 0 Å². The van der Waals surface area contributed by atoms with Gasteiger partial charge in [-0.25, -0.2) is 0 Å². The van der Waals surface area contributed by atoms with Crippen LogP contribution in [0.3, 0.4) is 0 Å². The molecule has 1 aliphatic heterocycles. The Morgan fingerprint density at radius 1 is 1.47 bits per heavy atom. The van der Waals surface area contributed by atoms with Gasteiger partial charge in [0.05, 0.1) is 6.61 Å². The van der Waals surface area contributed by atoms with Gasteiger partial charge in [0.25, 0.3) is 0 Å². The minimum atomic E-state index is 0.766. The topological polar surface area (TPSA) is 25.4 Å². The SMILES string of the molecule is COCCN1CC[C@H](Cc2ccc(C)cn2)C1. The molecule has 0 saturated carbocycles. The molecule has 0 aliphatic carbocycles. The zero-order valence-electron chi connectivity index (χ0n) is 10.9. The van der Waals surface area contributed by atoms with Gasteiger partial charge in [0.15, 0.2) is 0 Å². The molecule has 1 saturated heterocycles. The van der Waals surface area contributed by atoms with E-state index in [0.717, 1.165) is 25.5 Å². The molecule has 2 heterocycles. The third-order valence-corrected chi connectivity index (χ3v) is 3.45. The van der Waals surface area contributed by atoms with Gasteiger partial charge in [0.2, 0.25) is 0 Å². The van der Waals surface area contributed by atoms with Crippen molar-refractivity contribution in [2.24, 2.45) is 5.92 Å². The summed E-state index contributed by atoms with van der Waals surface area (Å²) in [6.45, 7) is 6.39. The standard InChI is InChI=1S/C14H22N2O/c1-12-3-4-14(15-10-12)9-13-5-6-16(11-13)7-8-17-2/h3-4,10,13H,5-9,11H2,1-2H3/t13-/m1/s1. The van der Waals surface area contributed by atoms with Crippen molar-refractivity contribution in [1.82, 2.24) is 9.88 Å². The Morgan fingerprint density at radius 2 is 2.35 bits per heavy atom. The van der Waals surface area contributed by atoms with E-state index in [1.165, 1.54) is 30.8 Å². The van der Waals surface area contributed by atoms with E-state index in [9.17, 15) is 0 Å². The molecule has 0 N–H and O–H groups in total. The molecular formula is C14H22N2O. The van der Waals surface area contributed by atoms with E-state index < -0.39 is 0 Å². The quantitative estimate of drug-likeness (QED) is 0.778. The Balaban J connectivity index is 1.79. The molecule has 1 atom stereocenters. The summed E-state index contributed by atoms with van der Waals surface area (Å²) < 4.78 is 5.12. The third-order valence-electron chi connectivity index (χ3n) is 3.45. The maximum atomic E-state index is 5.12. The van der Waals surface area contributed by atoms with Crippen LogP contribution in [0, 0.1) is 12.8 Å². The lowest BCUT2D eigenvalue weighted by atomic mass is 10.0. The van der Waals surface area contributed by atoms with Gasteiger partial charge in [-0.3, -0.25) is 4.98 Å². The molecule has 0 radical (unpaired) electrons. The van der Waals surface area contributed by atoms with Crippen molar-refractivity contribution in [2.75, 3.05) is 33.4 Å². The van der Waals surface area contributed by atoms with Gasteiger partial charge in [-0.15, -0.1) is 0 Å². The van der Waals surface area contributed by atoms with Gasteiger partial charge in [-0.05, 0) is 43.9 Å². The number of methoxy groups -OCH3 is 1. The van der Waals surface area contributed by atoms with Crippen LogP contribution in [0.5, 0.6) is 0 Å². The van der Waals surface area contributed by atoms with Gasteiger partial charge in [-0.1, -0.05) is 6.07 Å². The smallest absolute Gasteiger partial charge is 0.0589 e. The molecule has 1 fully saturated rings. The zero-order chi connectivity index (χ0) is 12.1. The number of aromatic nitrogens is 1. The monoisotopic (exact) mass is 234 g/mol. The number of pyridine rings is 1. The number of likely N-dealkylation sites (tertiary alicyclic amines) is 1. The number of aryl methyl sites for hydroxylation is 1. The summed E-state index contributed by atoms with van der Waals surface area (Å²) in [6, 6.07) is 4.31. The molecule has 3 heteroatoms. The summed E-state index contributed by atoms with van der Waals surface area (Å²) in [6.07, 6.45) is 4.37. The number of hydrogen-bond donors (Lipinski definition) is 0. The lowest BCUT2D eigenvalue weighted by Gasteiger charge is -2.15. The summed E-state index contributed by atoms with van der Waals surface area (Å²) in [5, 5.41) is 0. The van der Waals surface area contributed by atoms with Crippen LogP contribution < -0.4 is 0 Å². The summed E-state index contributed by atoms with van der Waals surface area (Å²) in [5.41, 5.74) is 2.47. The van der Waals surface area contributed by atoms with Crippen molar-refractivity contribution in [1.29, 1.82) is 0 Å². The Bertz CT molecular complexity index is 337. The van der Waals surface area contributed by atoms with E-state index in [-0.39, 0.29) is 0 Å². The molecule has 0 bridgehead atoms. The first kappa shape index (κ1) is 12.5. The average molecular weight is 234 g/mol. The minimum Gasteiger partial charge on any atom is -0.383 e. The van der Waals surface area contributed by atoms with Crippen molar-refractivity contribution in [3.63, 3.8) is 0 Å². The fourth-order valence-electron chi connectivity index (χ4n) is 2.42. The molecule has 17 heavy (non-hydrogen) atoms. The summed E-state index contributed by atoms with van der Waals surface area (Å²) in [4.78, 5) is 6.97. The highest BCUT2D eigenvalue weighted by molar-refractivity contribution is 5.12. The molecule has 94 valence electrons. The minimum absolute atomic E-state index is 0.766.